The molecular weight excluding hydrogens is 194 g/mol. The van der Waals surface area contributed by atoms with Gasteiger partial charge in [0.05, 0.1) is 4.88 Å². The first kappa shape index (κ1) is 11.2. The van der Waals surface area contributed by atoms with E-state index in [0.717, 1.165) is 18.0 Å². The molecule has 0 radical (unpaired) electrons. The summed E-state index contributed by atoms with van der Waals surface area (Å²) in [5, 5.41) is 1.94. The summed E-state index contributed by atoms with van der Waals surface area (Å²) in [5.41, 5.74) is 0. The van der Waals surface area contributed by atoms with Gasteiger partial charge in [0.2, 0.25) is 0 Å². The zero-order chi connectivity index (χ0) is 10.6. The van der Waals surface area contributed by atoms with Gasteiger partial charge in [-0.25, -0.2) is 0 Å². The SMILES string of the molecule is CCN(CC(C)C)C(=O)c1cccs1. The first-order valence-corrected chi connectivity index (χ1v) is 5.86. The Morgan fingerprint density at radius 1 is 1.57 bits per heavy atom. The van der Waals surface area contributed by atoms with E-state index in [1.54, 1.807) is 0 Å². The van der Waals surface area contributed by atoms with Crippen LogP contribution in [0.15, 0.2) is 17.5 Å². The Morgan fingerprint density at radius 2 is 2.29 bits per heavy atom. The molecule has 2 nitrogen and oxygen atoms in total. The summed E-state index contributed by atoms with van der Waals surface area (Å²) in [5.74, 6) is 0.690. The predicted octanol–water partition coefficient (Wildman–Crippen LogP) is 2.87. The van der Waals surface area contributed by atoms with Gasteiger partial charge in [0.1, 0.15) is 0 Å². The quantitative estimate of drug-likeness (QED) is 0.750. The maximum atomic E-state index is 11.9. The van der Waals surface area contributed by atoms with Crippen molar-refractivity contribution in [1.82, 2.24) is 4.90 Å². The van der Waals surface area contributed by atoms with Crippen LogP contribution in [-0.4, -0.2) is 23.9 Å². The normalized spacial score (nSPS) is 10.6. The summed E-state index contributed by atoms with van der Waals surface area (Å²) < 4.78 is 0. The van der Waals surface area contributed by atoms with Gasteiger partial charge in [-0.3, -0.25) is 4.79 Å². The molecule has 14 heavy (non-hydrogen) atoms. The zero-order valence-electron chi connectivity index (χ0n) is 8.99. The molecule has 78 valence electrons. The van der Waals surface area contributed by atoms with Crippen LogP contribution >= 0.6 is 11.3 Å². The number of nitrogens with zero attached hydrogens (tertiary/aromatic N) is 1. The van der Waals surface area contributed by atoms with Gasteiger partial charge >= 0.3 is 0 Å². The fraction of sp³-hybridized carbons (Fsp3) is 0.545. The lowest BCUT2D eigenvalue weighted by Gasteiger charge is -2.22. The van der Waals surface area contributed by atoms with Crippen LogP contribution in [0.1, 0.15) is 30.4 Å². The molecule has 0 fully saturated rings. The Bertz CT molecular complexity index is 279. The highest BCUT2D eigenvalue weighted by molar-refractivity contribution is 7.12. The molecule has 0 atom stereocenters. The molecule has 0 aromatic carbocycles. The van der Waals surface area contributed by atoms with E-state index in [4.69, 9.17) is 0 Å². The molecule has 0 saturated heterocycles. The molecule has 0 N–H and O–H groups in total. The summed E-state index contributed by atoms with van der Waals surface area (Å²) >= 11 is 1.51. The second-order valence-electron chi connectivity index (χ2n) is 3.71. The second kappa shape index (κ2) is 5.15. The minimum absolute atomic E-state index is 0.163. The van der Waals surface area contributed by atoms with Crippen molar-refractivity contribution >= 4 is 17.2 Å². The van der Waals surface area contributed by atoms with Gasteiger partial charge in [0, 0.05) is 13.1 Å². The van der Waals surface area contributed by atoms with E-state index in [2.05, 4.69) is 13.8 Å². The van der Waals surface area contributed by atoms with Crippen LogP contribution in [0.4, 0.5) is 0 Å². The number of hydrogen-bond donors (Lipinski definition) is 0. The summed E-state index contributed by atoms with van der Waals surface area (Å²) in [4.78, 5) is 14.6. The molecule has 0 unspecified atom stereocenters. The molecule has 3 heteroatoms. The third-order valence-corrected chi connectivity index (χ3v) is 2.84. The summed E-state index contributed by atoms with van der Waals surface area (Å²) in [6, 6.07) is 3.80. The van der Waals surface area contributed by atoms with Crippen molar-refractivity contribution in [2.24, 2.45) is 5.92 Å². The van der Waals surface area contributed by atoms with Crippen molar-refractivity contribution < 1.29 is 4.79 Å². The van der Waals surface area contributed by atoms with Crippen molar-refractivity contribution in [1.29, 1.82) is 0 Å². The Hall–Kier alpha value is -0.830. The monoisotopic (exact) mass is 211 g/mol. The van der Waals surface area contributed by atoms with Crippen LogP contribution in [-0.2, 0) is 0 Å². The van der Waals surface area contributed by atoms with Gasteiger partial charge in [-0.1, -0.05) is 19.9 Å². The van der Waals surface area contributed by atoms with Crippen LogP contribution in [0.3, 0.4) is 0 Å². The van der Waals surface area contributed by atoms with E-state index in [9.17, 15) is 4.79 Å². The van der Waals surface area contributed by atoms with Crippen LogP contribution in [0.2, 0.25) is 0 Å². The number of rotatable bonds is 4. The van der Waals surface area contributed by atoms with E-state index in [0.29, 0.717) is 5.92 Å². The van der Waals surface area contributed by atoms with E-state index < -0.39 is 0 Å². The lowest BCUT2D eigenvalue weighted by atomic mass is 10.2. The lowest BCUT2D eigenvalue weighted by molar-refractivity contribution is 0.0750. The topological polar surface area (TPSA) is 20.3 Å². The summed E-state index contributed by atoms with van der Waals surface area (Å²) in [7, 11) is 0. The molecule has 0 aliphatic heterocycles. The van der Waals surface area contributed by atoms with Gasteiger partial charge in [-0.05, 0) is 24.3 Å². The minimum Gasteiger partial charge on any atom is -0.338 e. The zero-order valence-corrected chi connectivity index (χ0v) is 9.80. The van der Waals surface area contributed by atoms with E-state index in [-0.39, 0.29) is 5.91 Å². The Labute approximate surface area is 89.5 Å². The maximum absolute atomic E-state index is 11.9. The molecule has 0 bridgehead atoms. The average molecular weight is 211 g/mol. The first-order valence-electron chi connectivity index (χ1n) is 4.98. The molecule has 0 aliphatic carbocycles. The molecule has 1 aromatic rings. The van der Waals surface area contributed by atoms with Crippen molar-refractivity contribution in [2.45, 2.75) is 20.8 Å². The van der Waals surface area contributed by atoms with Crippen LogP contribution in [0, 0.1) is 5.92 Å². The number of carbonyl (C=O) groups excluding carboxylic acids is 1. The van der Waals surface area contributed by atoms with E-state index in [1.165, 1.54) is 11.3 Å². The smallest absolute Gasteiger partial charge is 0.263 e. The van der Waals surface area contributed by atoms with Crippen LogP contribution in [0.5, 0.6) is 0 Å². The van der Waals surface area contributed by atoms with Gasteiger partial charge in [-0.15, -0.1) is 11.3 Å². The second-order valence-corrected chi connectivity index (χ2v) is 4.66. The third-order valence-electron chi connectivity index (χ3n) is 1.99. The van der Waals surface area contributed by atoms with Gasteiger partial charge in [-0.2, -0.15) is 0 Å². The maximum Gasteiger partial charge on any atom is 0.263 e. The lowest BCUT2D eigenvalue weighted by Crippen LogP contribution is -2.33. The van der Waals surface area contributed by atoms with E-state index in [1.807, 2.05) is 29.3 Å². The highest BCUT2D eigenvalue weighted by atomic mass is 32.1. The standard InChI is InChI=1S/C11H17NOS/c1-4-12(8-9(2)3)11(13)10-6-5-7-14-10/h5-7,9H,4,8H2,1-3H3. The average Bonchev–Trinajstić information content (AvgIpc) is 2.65. The van der Waals surface area contributed by atoms with Crippen molar-refractivity contribution in [3.8, 4) is 0 Å². The third kappa shape index (κ3) is 2.84. The molecule has 1 rings (SSSR count). The Morgan fingerprint density at radius 3 is 2.71 bits per heavy atom. The van der Waals surface area contributed by atoms with Crippen LogP contribution in [0.25, 0.3) is 0 Å². The highest BCUT2D eigenvalue weighted by Crippen LogP contribution is 2.12. The summed E-state index contributed by atoms with van der Waals surface area (Å²) in [6.45, 7) is 7.91. The van der Waals surface area contributed by atoms with E-state index >= 15 is 0 Å². The molecule has 1 heterocycles. The van der Waals surface area contributed by atoms with Crippen molar-refractivity contribution in [2.75, 3.05) is 13.1 Å². The first-order chi connectivity index (χ1) is 6.65. The predicted molar refractivity (Wildman–Crippen MR) is 60.7 cm³/mol. The van der Waals surface area contributed by atoms with Crippen LogP contribution < -0.4 is 0 Å². The molecular formula is C11H17NOS. The molecule has 1 amide bonds. The van der Waals surface area contributed by atoms with Gasteiger partial charge < -0.3 is 4.90 Å². The van der Waals surface area contributed by atoms with Crippen molar-refractivity contribution in [3.63, 3.8) is 0 Å². The molecule has 0 saturated carbocycles. The number of carbonyl (C=O) groups is 1. The number of hydrogen-bond acceptors (Lipinski definition) is 2. The molecule has 1 aromatic heterocycles. The summed E-state index contributed by atoms with van der Waals surface area (Å²) in [6.07, 6.45) is 0. The molecule has 0 spiro atoms. The fourth-order valence-corrected chi connectivity index (χ4v) is 2.04. The van der Waals surface area contributed by atoms with Gasteiger partial charge in [0.25, 0.3) is 5.91 Å². The highest BCUT2D eigenvalue weighted by Gasteiger charge is 2.15. The Balaban J connectivity index is 2.66. The largest absolute Gasteiger partial charge is 0.338 e. The number of amides is 1. The number of thiophene rings is 1. The minimum atomic E-state index is 0.163. The molecule has 0 aliphatic rings. The van der Waals surface area contributed by atoms with Gasteiger partial charge in [0.15, 0.2) is 0 Å². The Kier molecular flexibility index (Phi) is 4.14. The fourth-order valence-electron chi connectivity index (χ4n) is 1.35. The van der Waals surface area contributed by atoms with Crippen molar-refractivity contribution in [3.05, 3.63) is 22.4 Å².